The number of nitrogens with zero attached hydrogens (tertiary/aromatic N) is 1. The largest absolute Gasteiger partial charge is 0.455 e. The SMILES string of the molecule is CCNC(=O)c1cc2c([nH]1)c(=O)c(C1(C)CC1)cn2-c1cc(NSCC)ccc1Oc1c(C)cc(F)cc1C. The Labute approximate surface area is 231 Å². The fourth-order valence-corrected chi connectivity index (χ4v) is 5.28. The number of rotatable bonds is 9. The Hall–Kier alpha value is -3.72. The van der Waals surface area contributed by atoms with Crippen LogP contribution in [0.15, 0.2) is 47.4 Å². The minimum absolute atomic E-state index is 0.0969. The number of amides is 1. The number of hydrogen-bond acceptors (Lipinski definition) is 5. The van der Waals surface area contributed by atoms with Crippen LogP contribution in [0.4, 0.5) is 10.1 Å². The predicted octanol–water partition coefficient (Wildman–Crippen LogP) is 6.75. The van der Waals surface area contributed by atoms with Gasteiger partial charge in [-0.2, -0.15) is 0 Å². The number of nitrogens with one attached hydrogen (secondary N) is 3. The molecule has 0 radical (unpaired) electrons. The van der Waals surface area contributed by atoms with Gasteiger partial charge in [-0.25, -0.2) is 4.39 Å². The third kappa shape index (κ3) is 5.15. The van der Waals surface area contributed by atoms with Gasteiger partial charge < -0.3 is 24.3 Å². The summed E-state index contributed by atoms with van der Waals surface area (Å²) in [6.45, 7) is 10.1. The van der Waals surface area contributed by atoms with Crippen LogP contribution in [-0.2, 0) is 5.41 Å². The Bertz CT molecular complexity index is 1610. The van der Waals surface area contributed by atoms with Gasteiger partial charge >= 0.3 is 0 Å². The Morgan fingerprint density at radius 1 is 1.15 bits per heavy atom. The number of carbonyl (C=O) groups excluding carboxylic acids is 1. The molecule has 3 N–H and O–H groups in total. The molecule has 5 rings (SSSR count). The molecule has 1 aliphatic carbocycles. The highest BCUT2D eigenvalue weighted by molar-refractivity contribution is 8.00. The minimum atomic E-state index is -0.316. The molecule has 1 amide bonds. The van der Waals surface area contributed by atoms with Crippen molar-refractivity contribution in [2.45, 2.75) is 52.9 Å². The molecular formula is C30H33FN4O3S. The van der Waals surface area contributed by atoms with E-state index in [0.717, 1.165) is 24.3 Å². The van der Waals surface area contributed by atoms with E-state index in [-0.39, 0.29) is 22.6 Å². The van der Waals surface area contributed by atoms with Crippen molar-refractivity contribution in [3.05, 3.63) is 81.0 Å². The predicted molar refractivity (Wildman–Crippen MR) is 156 cm³/mol. The molecule has 0 spiro atoms. The number of pyridine rings is 1. The molecule has 4 aromatic rings. The van der Waals surface area contributed by atoms with Gasteiger partial charge in [-0.15, -0.1) is 0 Å². The van der Waals surface area contributed by atoms with Crippen molar-refractivity contribution < 1.29 is 13.9 Å². The monoisotopic (exact) mass is 548 g/mol. The third-order valence-electron chi connectivity index (χ3n) is 7.21. The Morgan fingerprint density at radius 3 is 2.51 bits per heavy atom. The van der Waals surface area contributed by atoms with Gasteiger partial charge in [0.15, 0.2) is 5.75 Å². The van der Waals surface area contributed by atoms with Crippen LogP contribution < -0.4 is 20.2 Å². The van der Waals surface area contributed by atoms with Gasteiger partial charge in [-0.05, 0) is 86.6 Å². The highest BCUT2D eigenvalue weighted by Gasteiger charge is 2.42. The Kier molecular flexibility index (Phi) is 7.20. The third-order valence-corrected chi connectivity index (χ3v) is 7.88. The van der Waals surface area contributed by atoms with Gasteiger partial charge in [-0.3, -0.25) is 9.59 Å². The first kappa shape index (κ1) is 26.9. The summed E-state index contributed by atoms with van der Waals surface area (Å²) < 4.78 is 25.8. The van der Waals surface area contributed by atoms with Crippen LogP contribution in [0.3, 0.4) is 0 Å². The lowest BCUT2D eigenvalue weighted by molar-refractivity contribution is 0.0951. The number of fused-ring (bicyclic) bond motifs is 1. The van der Waals surface area contributed by atoms with Crippen LogP contribution in [0.2, 0.25) is 0 Å². The molecule has 1 fully saturated rings. The van der Waals surface area contributed by atoms with E-state index in [0.29, 0.717) is 57.1 Å². The molecule has 0 aliphatic heterocycles. The molecule has 39 heavy (non-hydrogen) atoms. The van der Waals surface area contributed by atoms with Crippen molar-refractivity contribution >= 4 is 34.6 Å². The number of ether oxygens (including phenoxy) is 1. The molecule has 204 valence electrons. The number of hydrogen-bond donors (Lipinski definition) is 3. The summed E-state index contributed by atoms with van der Waals surface area (Å²) in [4.78, 5) is 29.5. The average molecular weight is 549 g/mol. The Morgan fingerprint density at radius 2 is 1.87 bits per heavy atom. The van der Waals surface area contributed by atoms with Gasteiger partial charge in [0.25, 0.3) is 5.91 Å². The first-order chi connectivity index (χ1) is 18.6. The number of aromatic nitrogens is 2. The van der Waals surface area contributed by atoms with E-state index >= 15 is 0 Å². The molecule has 9 heteroatoms. The summed E-state index contributed by atoms with van der Waals surface area (Å²) in [7, 11) is 0. The lowest BCUT2D eigenvalue weighted by atomic mass is 9.99. The van der Waals surface area contributed by atoms with E-state index in [1.54, 1.807) is 18.0 Å². The molecule has 0 atom stereocenters. The summed E-state index contributed by atoms with van der Waals surface area (Å²) in [6.07, 6.45) is 3.73. The molecule has 2 heterocycles. The summed E-state index contributed by atoms with van der Waals surface area (Å²) in [5.41, 5.74) is 4.56. The lowest BCUT2D eigenvalue weighted by Crippen LogP contribution is -2.23. The number of H-pyrrole nitrogens is 1. The second-order valence-electron chi connectivity index (χ2n) is 10.3. The van der Waals surface area contributed by atoms with Gasteiger partial charge in [-0.1, -0.05) is 25.8 Å². The second kappa shape index (κ2) is 10.4. The highest BCUT2D eigenvalue weighted by atomic mass is 32.2. The topological polar surface area (TPSA) is 88.2 Å². The van der Waals surface area contributed by atoms with Gasteiger partial charge in [0.05, 0.1) is 11.2 Å². The van der Waals surface area contributed by atoms with Gasteiger partial charge in [0.1, 0.15) is 22.8 Å². The van der Waals surface area contributed by atoms with E-state index in [9.17, 15) is 14.0 Å². The van der Waals surface area contributed by atoms with Crippen molar-refractivity contribution in [1.29, 1.82) is 0 Å². The fourth-order valence-electron chi connectivity index (χ4n) is 4.84. The highest BCUT2D eigenvalue weighted by Crippen LogP contribution is 2.47. The molecule has 0 unspecified atom stereocenters. The first-order valence-corrected chi connectivity index (χ1v) is 14.2. The zero-order chi connectivity index (χ0) is 27.9. The van der Waals surface area contributed by atoms with E-state index in [1.807, 2.05) is 49.7 Å². The van der Waals surface area contributed by atoms with E-state index in [1.165, 1.54) is 12.1 Å². The maximum Gasteiger partial charge on any atom is 0.267 e. The lowest BCUT2D eigenvalue weighted by Gasteiger charge is -2.20. The standard InChI is InChI=1S/C30H33FN4O3S/c1-6-32-29(37)22-15-24-26(33-22)27(36)21(30(5)10-11-30)16-35(24)23-14-20(34-39-7-2)8-9-25(23)38-28-17(3)12-19(31)13-18(28)4/h8-9,12-16,33-34H,6-7,10-11H2,1-5H3,(H,32,37). The Balaban J connectivity index is 1.76. The van der Waals surface area contributed by atoms with Crippen LogP contribution in [0.5, 0.6) is 11.5 Å². The number of aromatic amines is 1. The van der Waals surface area contributed by atoms with Crippen LogP contribution >= 0.6 is 11.9 Å². The maximum absolute atomic E-state index is 14.0. The fraction of sp³-hybridized carbons (Fsp3) is 0.333. The van der Waals surface area contributed by atoms with Gasteiger partial charge in [0, 0.05) is 29.7 Å². The van der Waals surface area contributed by atoms with Crippen LogP contribution in [0.25, 0.3) is 16.7 Å². The smallest absolute Gasteiger partial charge is 0.267 e. The summed E-state index contributed by atoms with van der Waals surface area (Å²) >= 11 is 1.57. The van der Waals surface area contributed by atoms with E-state index in [2.05, 4.69) is 28.9 Å². The normalized spacial score (nSPS) is 13.9. The summed E-state index contributed by atoms with van der Waals surface area (Å²) in [6, 6.07) is 10.4. The quantitative estimate of drug-likeness (QED) is 0.202. The first-order valence-electron chi connectivity index (χ1n) is 13.2. The summed E-state index contributed by atoms with van der Waals surface area (Å²) in [5, 5.41) is 2.80. The maximum atomic E-state index is 14.0. The van der Waals surface area contributed by atoms with Crippen molar-refractivity contribution in [2.75, 3.05) is 17.0 Å². The molecule has 1 aliphatic rings. The summed E-state index contributed by atoms with van der Waals surface area (Å²) in [5.74, 6) is 1.40. The van der Waals surface area contributed by atoms with Crippen LogP contribution in [-0.4, -0.2) is 27.8 Å². The second-order valence-corrected chi connectivity index (χ2v) is 11.4. The van der Waals surface area contributed by atoms with E-state index < -0.39 is 0 Å². The molecule has 2 aromatic heterocycles. The van der Waals surface area contributed by atoms with Crippen LogP contribution in [0, 0.1) is 19.7 Å². The van der Waals surface area contributed by atoms with Crippen molar-refractivity contribution in [2.24, 2.45) is 0 Å². The molecule has 0 bridgehead atoms. The number of aryl methyl sites for hydroxylation is 2. The zero-order valence-corrected chi connectivity index (χ0v) is 23.6. The molecule has 0 saturated heterocycles. The van der Waals surface area contributed by atoms with E-state index in [4.69, 9.17) is 4.74 Å². The van der Waals surface area contributed by atoms with Gasteiger partial charge in [0.2, 0.25) is 5.43 Å². The van der Waals surface area contributed by atoms with Crippen LogP contribution in [0.1, 0.15) is 60.8 Å². The molecule has 7 nitrogen and oxygen atoms in total. The zero-order valence-electron chi connectivity index (χ0n) is 22.8. The molecular weight excluding hydrogens is 515 g/mol. The van der Waals surface area contributed by atoms with Crippen molar-refractivity contribution in [1.82, 2.24) is 14.9 Å². The number of benzene rings is 2. The minimum Gasteiger partial charge on any atom is -0.455 e. The number of carbonyl (C=O) groups is 1. The average Bonchev–Trinajstić information content (AvgIpc) is 3.47. The molecule has 2 aromatic carbocycles. The van der Waals surface area contributed by atoms with Crippen molar-refractivity contribution in [3.8, 4) is 17.2 Å². The number of halogens is 1. The molecule has 1 saturated carbocycles. The number of anilines is 1. The van der Waals surface area contributed by atoms with Crippen molar-refractivity contribution in [3.63, 3.8) is 0 Å².